The van der Waals surface area contributed by atoms with Crippen LogP contribution in [-0.4, -0.2) is 5.71 Å². The van der Waals surface area contributed by atoms with Gasteiger partial charge in [-0.2, -0.15) is 0 Å². The van der Waals surface area contributed by atoms with Crippen molar-refractivity contribution in [3.63, 3.8) is 0 Å². The van der Waals surface area contributed by atoms with Gasteiger partial charge in [-0.1, -0.05) is 51.0 Å². The van der Waals surface area contributed by atoms with E-state index < -0.39 is 0 Å². The zero-order chi connectivity index (χ0) is 18.8. The summed E-state index contributed by atoms with van der Waals surface area (Å²) in [6.45, 7) is 14.5. The molecule has 0 amide bonds. The number of benzene rings is 1. The Morgan fingerprint density at radius 2 is 1.68 bits per heavy atom. The zero-order valence-corrected chi connectivity index (χ0v) is 17.0. The minimum Gasteiger partial charge on any atom is -0.252 e. The SMILES string of the molecule is CC.CC#C/C(=C\C1CC=CC1)C(CC)=Nc1cc(C)c(C)cc1C. The van der Waals surface area contributed by atoms with Crippen molar-refractivity contribution < 1.29 is 0 Å². The summed E-state index contributed by atoms with van der Waals surface area (Å²) >= 11 is 0. The van der Waals surface area contributed by atoms with Gasteiger partial charge in [-0.3, -0.25) is 4.99 Å². The van der Waals surface area contributed by atoms with Gasteiger partial charge in [0.15, 0.2) is 0 Å². The lowest BCUT2D eigenvalue weighted by atomic mass is 9.99. The second kappa shape index (κ2) is 10.7. The molecule has 0 saturated carbocycles. The summed E-state index contributed by atoms with van der Waals surface area (Å²) in [6.07, 6.45) is 9.97. The molecule has 2 rings (SSSR count). The van der Waals surface area contributed by atoms with E-state index in [9.17, 15) is 0 Å². The fourth-order valence-electron chi connectivity index (χ4n) is 2.90. The van der Waals surface area contributed by atoms with Gasteiger partial charge in [-0.05, 0) is 75.6 Å². The van der Waals surface area contributed by atoms with Gasteiger partial charge in [0, 0.05) is 5.57 Å². The van der Waals surface area contributed by atoms with E-state index in [0.29, 0.717) is 5.92 Å². The highest BCUT2D eigenvalue weighted by molar-refractivity contribution is 6.05. The first-order valence-corrected chi connectivity index (χ1v) is 9.50. The number of hydrogen-bond donors (Lipinski definition) is 0. The maximum atomic E-state index is 4.97. The molecule has 0 aliphatic heterocycles. The molecule has 0 bridgehead atoms. The summed E-state index contributed by atoms with van der Waals surface area (Å²) in [4.78, 5) is 4.97. The molecule has 1 aliphatic rings. The lowest BCUT2D eigenvalue weighted by molar-refractivity contribution is 0.715. The van der Waals surface area contributed by atoms with Crippen LogP contribution in [0, 0.1) is 38.5 Å². The van der Waals surface area contributed by atoms with E-state index in [2.05, 4.69) is 69.9 Å². The van der Waals surface area contributed by atoms with Crippen molar-refractivity contribution >= 4 is 11.4 Å². The highest BCUT2D eigenvalue weighted by atomic mass is 14.8. The first-order valence-electron chi connectivity index (χ1n) is 9.50. The number of hydrogen-bond acceptors (Lipinski definition) is 1. The largest absolute Gasteiger partial charge is 0.252 e. The predicted molar refractivity (Wildman–Crippen MR) is 113 cm³/mol. The number of nitrogens with zero attached hydrogens (tertiary/aromatic N) is 1. The lowest BCUT2D eigenvalue weighted by Gasteiger charge is -2.10. The molecule has 0 atom stereocenters. The summed E-state index contributed by atoms with van der Waals surface area (Å²) < 4.78 is 0. The highest BCUT2D eigenvalue weighted by Crippen LogP contribution is 2.26. The molecule has 1 aromatic carbocycles. The van der Waals surface area contributed by atoms with Crippen LogP contribution in [0.25, 0.3) is 0 Å². The van der Waals surface area contributed by atoms with Crippen molar-refractivity contribution in [2.75, 3.05) is 0 Å². The maximum Gasteiger partial charge on any atom is 0.0665 e. The van der Waals surface area contributed by atoms with E-state index in [-0.39, 0.29) is 0 Å². The van der Waals surface area contributed by atoms with E-state index in [1.165, 1.54) is 16.7 Å². The Labute approximate surface area is 155 Å². The lowest BCUT2D eigenvalue weighted by Crippen LogP contribution is -2.03. The quantitative estimate of drug-likeness (QED) is 0.318. The van der Waals surface area contributed by atoms with Crippen molar-refractivity contribution in [2.24, 2.45) is 10.9 Å². The molecule has 0 N–H and O–H groups in total. The van der Waals surface area contributed by atoms with Crippen molar-refractivity contribution in [3.05, 3.63) is 52.6 Å². The smallest absolute Gasteiger partial charge is 0.0665 e. The van der Waals surface area contributed by atoms with Gasteiger partial charge < -0.3 is 0 Å². The van der Waals surface area contributed by atoms with Gasteiger partial charge >= 0.3 is 0 Å². The molecule has 25 heavy (non-hydrogen) atoms. The molecular weight excluding hydrogens is 302 g/mol. The second-order valence-corrected chi connectivity index (χ2v) is 6.29. The van der Waals surface area contributed by atoms with Gasteiger partial charge in [-0.15, -0.1) is 5.92 Å². The average molecular weight is 336 g/mol. The monoisotopic (exact) mass is 335 g/mol. The van der Waals surface area contributed by atoms with Gasteiger partial charge in [0.25, 0.3) is 0 Å². The van der Waals surface area contributed by atoms with Gasteiger partial charge in [0.2, 0.25) is 0 Å². The summed E-state index contributed by atoms with van der Waals surface area (Å²) in [7, 11) is 0. The summed E-state index contributed by atoms with van der Waals surface area (Å²) in [5.41, 5.74) is 7.10. The van der Waals surface area contributed by atoms with Gasteiger partial charge in [0.1, 0.15) is 0 Å². The molecule has 0 fully saturated rings. The van der Waals surface area contributed by atoms with Gasteiger partial charge in [0.05, 0.1) is 11.4 Å². The number of rotatable bonds is 4. The molecule has 0 unspecified atom stereocenters. The van der Waals surface area contributed by atoms with Crippen LogP contribution >= 0.6 is 0 Å². The minimum absolute atomic E-state index is 0.573. The van der Waals surface area contributed by atoms with Crippen LogP contribution in [0.3, 0.4) is 0 Å². The Hall–Kier alpha value is -2.07. The van der Waals surface area contributed by atoms with Crippen molar-refractivity contribution in [2.45, 2.75) is 67.7 Å². The number of aliphatic imine (C=N–C) groups is 1. The third-order valence-electron chi connectivity index (χ3n) is 4.42. The Bertz CT molecular complexity index is 712. The standard InChI is InChI=1S/C22H27N.C2H6/c1-6-10-20(15-19-11-8-9-12-19)21(7-2)23-22-14-17(4)16(3)13-18(22)5;1-2/h8-9,13-15,19H,7,11-12H2,1-5H3;1-2H3/b20-15+,23-21?;. The predicted octanol–water partition coefficient (Wildman–Crippen LogP) is 7.04. The Morgan fingerprint density at radius 3 is 2.24 bits per heavy atom. The van der Waals surface area contributed by atoms with Crippen LogP contribution < -0.4 is 0 Å². The van der Waals surface area contributed by atoms with E-state index in [1.54, 1.807) is 0 Å². The molecule has 0 aromatic heterocycles. The molecule has 0 radical (unpaired) electrons. The Balaban J connectivity index is 0.00000151. The van der Waals surface area contributed by atoms with E-state index in [4.69, 9.17) is 4.99 Å². The summed E-state index contributed by atoms with van der Waals surface area (Å²) in [5, 5.41) is 0. The highest BCUT2D eigenvalue weighted by Gasteiger charge is 2.11. The molecule has 0 saturated heterocycles. The average Bonchev–Trinajstić information content (AvgIpc) is 3.11. The molecule has 0 heterocycles. The zero-order valence-electron chi connectivity index (χ0n) is 17.0. The molecule has 1 nitrogen and oxygen atoms in total. The van der Waals surface area contributed by atoms with E-state index in [0.717, 1.165) is 36.2 Å². The first-order chi connectivity index (χ1) is 12.0. The first kappa shape index (κ1) is 21.0. The molecule has 1 aliphatic carbocycles. The summed E-state index contributed by atoms with van der Waals surface area (Å²) in [6, 6.07) is 4.41. The number of allylic oxidation sites excluding steroid dienone is 4. The van der Waals surface area contributed by atoms with Crippen molar-refractivity contribution in [1.29, 1.82) is 0 Å². The normalized spacial score (nSPS) is 14.7. The van der Waals surface area contributed by atoms with Crippen LogP contribution in [0.2, 0.25) is 0 Å². The third kappa shape index (κ3) is 6.05. The molecule has 134 valence electrons. The van der Waals surface area contributed by atoms with Crippen LogP contribution in [0.4, 0.5) is 5.69 Å². The number of aryl methyl sites for hydroxylation is 3. The fraction of sp³-hybridized carbons (Fsp3) is 0.458. The Kier molecular flexibility index (Phi) is 9.00. The van der Waals surface area contributed by atoms with Crippen LogP contribution in [-0.2, 0) is 0 Å². The van der Waals surface area contributed by atoms with Gasteiger partial charge in [-0.25, -0.2) is 0 Å². The molecule has 0 spiro atoms. The van der Waals surface area contributed by atoms with Crippen molar-refractivity contribution in [3.8, 4) is 11.8 Å². The molecule has 1 aromatic rings. The third-order valence-corrected chi connectivity index (χ3v) is 4.42. The van der Waals surface area contributed by atoms with E-state index in [1.807, 2.05) is 20.8 Å². The topological polar surface area (TPSA) is 12.4 Å². The second-order valence-electron chi connectivity index (χ2n) is 6.29. The molecule has 1 heteroatoms. The van der Waals surface area contributed by atoms with Crippen LogP contribution in [0.15, 0.2) is 40.9 Å². The fourth-order valence-corrected chi connectivity index (χ4v) is 2.90. The van der Waals surface area contributed by atoms with Crippen LogP contribution in [0.5, 0.6) is 0 Å². The summed E-state index contributed by atoms with van der Waals surface area (Å²) in [5.74, 6) is 6.91. The van der Waals surface area contributed by atoms with E-state index >= 15 is 0 Å². The maximum absolute atomic E-state index is 4.97. The van der Waals surface area contributed by atoms with Crippen LogP contribution in [0.1, 0.15) is 63.6 Å². The Morgan fingerprint density at radius 1 is 1.08 bits per heavy atom. The molecular formula is C24H33N. The minimum atomic E-state index is 0.573. The van der Waals surface area contributed by atoms with Crippen molar-refractivity contribution in [1.82, 2.24) is 0 Å².